The molecular weight excluding hydrogens is 282 g/mol. The summed E-state index contributed by atoms with van der Waals surface area (Å²) >= 11 is 0. The third-order valence-electron chi connectivity index (χ3n) is 4.70. The Hall–Kier alpha value is -2.81. The van der Waals surface area contributed by atoms with Crippen LogP contribution in [0.4, 0.5) is 17.1 Å². The molecule has 0 N–H and O–H groups in total. The molecule has 0 spiro atoms. The van der Waals surface area contributed by atoms with Gasteiger partial charge in [-0.3, -0.25) is 4.90 Å². The maximum absolute atomic E-state index is 5.00. The zero-order valence-electron chi connectivity index (χ0n) is 12.9. The number of guanidine groups is 1. The summed E-state index contributed by atoms with van der Waals surface area (Å²) in [6.07, 6.45) is 8.66. The van der Waals surface area contributed by atoms with Gasteiger partial charge in [0.15, 0.2) is 0 Å². The molecule has 2 atom stereocenters. The summed E-state index contributed by atoms with van der Waals surface area (Å²) in [4.78, 5) is 9.65. The quantitative estimate of drug-likeness (QED) is 0.786. The van der Waals surface area contributed by atoms with Gasteiger partial charge in [0.05, 0.1) is 23.5 Å². The molecule has 2 unspecified atom stereocenters. The van der Waals surface area contributed by atoms with Crippen LogP contribution >= 0.6 is 0 Å². The average molecular weight is 299 g/mol. The number of fused-ring (bicyclic) bond motifs is 5. The van der Waals surface area contributed by atoms with Gasteiger partial charge >= 0.3 is 0 Å². The van der Waals surface area contributed by atoms with Gasteiger partial charge in [0.2, 0.25) is 5.96 Å². The number of benzene rings is 2. The zero-order chi connectivity index (χ0) is 15.4. The molecule has 5 rings (SSSR count). The van der Waals surface area contributed by atoms with E-state index in [1.54, 1.807) is 0 Å². The van der Waals surface area contributed by atoms with E-state index in [0.29, 0.717) is 0 Å². The number of hydrogen-bond acceptors (Lipinski definition) is 3. The maximum Gasteiger partial charge on any atom is 0.211 e. The first-order chi connectivity index (χ1) is 11.3. The second-order valence-electron chi connectivity index (χ2n) is 6.21. The normalized spacial score (nSPS) is 23.6. The van der Waals surface area contributed by atoms with Crippen molar-refractivity contribution < 1.29 is 0 Å². The van der Waals surface area contributed by atoms with Crippen molar-refractivity contribution in [2.75, 3.05) is 9.80 Å². The Bertz CT molecular complexity index is 864. The van der Waals surface area contributed by atoms with E-state index in [0.717, 1.165) is 11.6 Å². The number of rotatable bonds is 1. The van der Waals surface area contributed by atoms with Gasteiger partial charge in [0, 0.05) is 5.69 Å². The van der Waals surface area contributed by atoms with Gasteiger partial charge in [-0.05, 0) is 36.8 Å². The fourth-order valence-electron chi connectivity index (χ4n) is 3.66. The van der Waals surface area contributed by atoms with Crippen LogP contribution in [-0.2, 0) is 0 Å². The molecule has 2 aromatic carbocycles. The highest BCUT2D eigenvalue weighted by Crippen LogP contribution is 2.46. The van der Waals surface area contributed by atoms with Crippen molar-refractivity contribution in [1.82, 2.24) is 0 Å². The Labute approximate surface area is 135 Å². The fourth-order valence-corrected chi connectivity index (χ4v) is 3.66. The highest BCUT2D eigenvalue weighted by atomic mass is 15.5. The Morgan fingerprint density at radius 2 is 1.74 bits per heavy atom. The molecular formula is C20H17N3. The maximum atomic E-state index is 5.00. The number of aliphatic imine (C=N–C) groups is 1. The summed E-state index contributed by atoms with van der Waals surface area (Å²) in [5, 5.41) is 0. The highest BCUT2D eigenvalue weighted by molar-refractivity contribution is 6.21. The van der Waals surface area contributed by atoms with Crippen molar-refractivity contribution in [3.8, 4) is 0 Å². The van der Waals surface area contributed by atoms with Crippen molar-refractivity contribution in [2.24, 2.45) is 4.99 Å². The van der Waals surface area contributed by atoms with E-state index >= 15 is 0 Å². The van der Waals surface area contributed by atoms with Gasteiger partial charge in [-0.15, -0.1) is 0 Å². The third-order valence-corrected chi connectivity index (χ3v) is 4.70. The minimum absolute atomic E-state index is 0.204. The molecule has 23 heavy (non-hydrogen) atoms. The van der Waals surface area contributed by atoms with Crippen molar-refractivity contribution in [2.45, 2.75) is 19.0 Å². The molecule has 0 saturated carbocycles. The van der Waals surface area contributed by atoms with Crippen LogP contribution in [0.5, 0.6) is 0 Å². The third kappa shape index (κ3) is 1.73. The molecule has 3 heteroatoms. The molecule has 3 aliphatic rings. The zero-order valence-corrected chi connectivity index (χ0v) is 12.9. The fraction of sp³-hybridized carbons (Fsp3) is 0.150. The summed E-state index contributed by atoms with van der Waals surface area (Å²) in [7, 11) is 0. The topological polar surface area (TPSA) is 18.8 Å². The van der Waals surface area contributed by atoms with Crippen molar-refractivity contribution in [3.05, 3.63) is 78.4 Å². The number of hydrogen-bond donors (Lipinski definition) is 0. The van der Waals surface area contributed by atoms with Crippen LogP contribution in [0.2, 0.25) is 0 Å². The molecule has 2 aromatic rings. The van der Waals surface area contributed by atoms with Crippen LogP contribution in [0.1, 0.15) is 5.56 Å². The van der Waals surface area contributed by atoms with Crippen LogP contribution in [-0.4, -0.2) is 18.0 Å². The Morgan fingerprint density at radius 3 is 2.61 bits per heavy atom. The molecule has 0 fully saturated rings. The number of anilines is 3. The highest BCUT2D eigenvalue weighted by Gasteiger charge is 2.44. The predicted octanol–water partition coefficient (Wildman–Crippen LogP) is 4.19. The molecule has 0 amide bonds. The molecule has 0 radical (unpaired) electrons. The van der Waals surface area contributed by atoms with Gasteiger partial charge < -0.3 is 4.90 Å². The smallest absolute Gasteiger partial charge is 0.211 e. The lowest BCUT2D eigenvalue weighted by atomic mass is 10.0. The van der Waals surface area contributed by atoms with Crippen molar-refractivity contribution >= 4 is 23.0 Å². The summed E-state index contributed by atoms with van der Waals surface area (Å²) in [6.45, 7) is 2.15. The van der Waals surface area contributed by atoms with Crippen molar-refractivity contribution in [1.29, 1.82) is 0 Å². The van der Waals surface area contributed by atoms with Gasteiger partial charge in [-0.25, -0.2) is 4.99 Å². The molecule has 0 aromatic heterocycles. The lowest BCUT2D eigenvalue weighted by molar-refractivity contribution is 0.740. The van der Waals surface area contributed by atoms with Crippen LogP contribution in [0.25, 0.3) is 0 Å². The molecule has 112 valence electrons. The second kappa shape index (κ2) is 4.59. The minimum atomic E-state index is 0.204. The lowest BCUT2D eigenvalue weighted by Gasteiger charge is -2.24. The standard InChI is InChI=1S/C20H17N3/c1-14-11-12-18-19(13-14)23-17-10-6-5-9-16(17)21-20(23)22(18)15-7-3-2-4-8-15/h2-13,16-17H,1H3. The monoisotopic (exact) mass is 299 g/mol. The van der Waals surface area contributed by atoms with Gasteiger partial charge in [0.1, 0.15) is 0 Å². The molecule has 3 nitrogen and oxygen atoms in total. The Balaban J connectivity index is 1.73. The summed E-state index contributed by atoms with van der Waals surface area (Å²) in [6, 6.07) is 17.6. The van der Waals surface area contributed by atoms with Crippen LogP contribution < -0.4 is 9.80 Å². The molecule has 2 aliphatic heterocycles. The lowest BCUT2D eigenvalue weighted by Crippen LogP contribution is -2.39. The summed E-state index contributed by atoms with van der Waals surface area (Å²) in [5.41, 5.74) is 4.89. The van der Waals surface area contributed by atoms with E-state index in [9.17, 15) is 0 Å². The summed E-state index contributed by atoms with van der Waals surface area (Å²) in [5.74, 6) is 1.03. The first kappa shape index (κ1) is 12.7. The Kier molecular flexibility index (Phi) is 2.54. The average Bonchev–Trinajstić information content (AvgIpc) is 3.10. The van der Waals surface area contributed by atoms with Crippen LogP contribution in [0.3, 0.4) is 0 Å². The predicted molar refractivity (Wildman–Crippen MR) is 95.5 cm³/mol. The number of nitrogens with zero attached hydrogens (tertiary/aromatic N) is 3. The second-order valence-corrected chi connectivity index (χ2v) is 6.21. The molecule has 0 bridgehead atoms. The van der Waals surface area contributed by atoms with Gasteiger partial charge in [0.25, 0.3) is 0 Å². The molecule has 1 aliphatic carbocycles. The number of aryl methyl sites for hydroxylation is 1. The molecule has 2 heterocycles. The van der Waals surface area contributed by atoms with Gasteiger partial charge in [-0.1, -0.05) is 48.6 Å². The van der Waals surface area contributed by atoms with Crippen LogP contribution in [0, 0.1) is 6.92 Å². The van der Waals surface area contributed by atoms with E-state index in [2.05, 4.69) is 89.6 Å². The Morgan fingerprint density at radius 1 is 0.913 bits per heavy atom. The summed E-state index contributed by atoms with van der Waals surface area (Å²) < 4.78 is 0. The molecule has 0 saturated heterocycles. The van der Waals surface area contributed by atoms with E-state index < -0.39 is 0 Å². The van der Waals surface area contributed by atoms with E-state index in [4.69, 9.17) is 4.99 Å². The van der Waals surface area contributed by atoms with Crippen molar-refractivity contribution in [3.63, 3.8) is 0 Å². The number of para-hydroxylation sites is 1. The van der Waals surface area contributed by atoms with E-state index in [1.807, 2.05) is 0 Å². The van der Waals surface area contributed by atoms with E-state index in [-0.39, 0.29) is 12.1 Å². The van der Waals surface area contributed by atoms with Crippen LogP contribution in [0.15, 0.2) is 77.8 Å². The van der Waals surface area contributed by atoms with E-state index in [1.165, 1.54) is 16.9 Å². The number of allylic oxidation sites excluding steroid dienone is 2. The van der Waals surface area contributed by atoms with Gasteiger partial charge in [-0.2, -0.15) is 0 Å². The SMILES string of the molecule is Cc1ccc2c(c1)N1C(=NC3C=CC=CC31)N2c1ccccc1. The largest absolute Gasteiger partial charge is 0.300 e. The first-order valence-electron chi connectivity index (χ1n) is 8.01. The first-order valence-corrected chi connectivity index (χ1v) is 8.01. The minimum Gasteiger partial charge on any atom is -0.300 e.